The van der Waals surface area contributed by atoms with Crippen molar-refractivity contribution in [2.75, 3.05) is 5.73 Å². The largest absolute Gasteiger partial charge is 0.369 e. The van der Waals surface area contributed by atoms with E-state index in [1.165, 1.54) is 5.56 Å². The first kappa shape index (κ1) is 15.1. The van der Waals surface area contributed by atoms with Gasteiger partial charge >= 0.3 is 0 Å². The number of aromatic nitrogens is 3. The molecule has 1 saturated carbocycles. The first-order valence-corrected chi connectivity index (χ1v) is 9.05. The van der Waals surface area contributed by atoms with Crippen molar-refractivity contribution in [3.8, 4) is 0 Å². The molecule has 3 aromatic heterocycles. The molecule has 0 atom stereocenters. The van der Waals surface area contributed by atoms with Crippen LogP contribution < -0.4 is 5.73 Å². The van der Waals surface area contributed by atoms with Gasteiger partial charge in [0, 0.05) is 25.3 Å². The molecular weight excluding hydrogens is 322 g/mol. The second-order valence-electron chi connectivity index (χ2n) is 6.08. The van der Waals surface area contributed by atoms with E-state index < -0.39 is 0 Å². The van der Waals surface area contributed by atoms with Crippen molar-refractivity contribution in [2.24, 2.45) is 0 Å². The van der Waals surface area contributed by atoms with Crippen LogP contribution in [-0.4, -0.2) is 31.4 Å². The minimum atomic E-state index is 0.0164. The highest BCUT2D eigenvalue weighted by molar-refractivity contribution is 7.07. The predicted octanol–water partition coefficient (Wildman–Crippen LogP) is 2.90. The summed E-state index contributed by atoms with van der Waals surface area (Å²) in [6.07, 6.45) is 3.78. The van der Waals surface area contributed by atoms with E-state index in [0.29, 0.717) is 36.2 Å². The van der Waals surface area contributed by atoms with Crippen LogP contribution >= 0.6 is 11.3 Å². The molecule has 3 aromatic rings. The van der Waals surface area contributed by atoms with Crippen LogP contribution in [0.15, 0.2) is 29.1 Å². The van der Waals surface area contributed by atoms with Gasteiger partial charge in [-0.15, -0.1) is 0 Å². The van der Waals surface area contributed by atoms with Crippen molar-refractivity contribution in [1.82, 2.24) is 19.4 Å². The van der Waals surface area contributed by atoms with Crippen molar-refractivity contribution in [2.45, 2.75) is 38.9 Å². The SMILES string of the molecule is CCn1c(N)nc2cc(C(=O)N(Cc3ccsc3)C3CC3)cnc21. The third kappa shape index (κ3) is 2.65. The number of carbonyl (C=O) groups excluding carboxylic acids is 1. The first-order chi connectivity index (χ1) is 11.7. The fourth-order valence-corrected chi connectivity index (χ4v) is 3.62. The average molecular weight is 341 g/mol. The molecule has 0 unspecified atom stereocenters. The van der Waals surface area contributed by atoms with Crippen molar-refractivity contribution >= 4 is 34.4 Å². The van der Waals surface area contributed by atoms with Crippen LogP contribution in [0.1, 0.15) is 35.7 Å². The molecule has 0 bridgehead atoms. The van der Waals surface area contributed by atoms with Gasteiger partial charge in [-0.1, -0.05) is 0 Å². The third-order valence-corrected chi connectivity index (χ3v) is 5.09. The molecule has 1 aliphatic rings. The van der Waals surface area contributed by atoms with Gasteiger partial charge in [-0.3, -0.25) is 9.36 Å². The number of aryl methyl sites for hydroxylation is 1. The van der Waals surface area contributed by atoms with Gasteiger partial charge in [0.2, 0.25) is 5.95 Å². The smallest absolute Gasteiger partial charge is 0.256 e. The van der Waals surface area contributed by atoms with Crippen molar-refractivity contribution < 1.29 is 4.79 Å². The van der Waals surface area contributed by atoms with Crippen LogP contribution in [0, 0.1) is 0 Å². The van der Waals surface area contributed by atoms with Gasteiger partial charge in [-0.05, 0) is 48.2 Å². The lowest BCUT2D eigenvalue weighted by Crippen LogP contribution is -2.32. The zero-order valence-corrected chi connectivity index (χ0v) is 14.3. The Kier molecular flexibility index (Phi) is 3.72. The Balaban J connectivity index is 1.66. The number of amides is 1. The van der Waals surface area contributed by atoms with Crippen LogP contribution in [-0.2, 0) is 13.1 Å². The number of imidazole rings is 1. The van der Waals surface area contributed by atoms with E-state index in [1.54, 1.807) is 23.6 Å². The van der Waals surface area contributed by atoms with E-state index in [-0.39, 0.29) is 5.91 Å². The number of rotatable bonds is 5. The minimum Gasteiger partial charge on any atom is -0.369 e. The number of hydrogen-bond acceptors (Lipinski definition) is 5. The molecule has 3 heterocycles. The molecule has 1 amide bonds. The average Bonchev–Trinajstić information content (AvgIpc) is 3.19. The highest BCUT2D eigenvalue weighted by Gasteiger charge is 2.33. The molecule has 1 fully saturated rings. The third-order valence-electron chi connectivity index (χ3n) is 4.36. The van der Waals surface area contributed by atoms with Crippen LogP contribution in [0.4, 0.5) is 5.95 Å². The van der Waals surface area contributed by atoms with E-state index >= 15 is 0 Å². The molecule has 0 aliphatic heterocycles. The molecule has 1 aliphatic carbocycles. The van der Waals surface area contributed by atoms with Crippen LogP contribution in [0.25, 0.3) is 11.2 Å². The summed E-state index contributed by atoms with van der Waals surface area (Å²) in [7, 11) is 0. The Bertz CT molecular complexity index is 882. The Morgan fingerprint density at radius 2 is 2.33 bits per heavy atom. The van der Waals surface area contributed by atoms with Crippen LogP contribution in [0.3, 0.4) is 0 Å². The van der Waals surface area contributed by atoms with E-state index in [4.69, 9.17) is 5.73 Å². The number of thiophene rings is 1. The number of pyridine rings is 1. The number of hydrogen-bond donors (Lipinski definition) is 1. The number of nitrogens with two attached hydrogens (primary N) is 1. The van der Waals surface area contributed by atoms with E-state index in [1.807, 2.05) is 21.8 Å². The van der Waals surface area contributed by atoms with Gasteiger partial charge in [-0.2, -0.15) is 11.3 Å². The van der Waals surface area contributed by atoms with Crippen molar-refractivity contribution in [1.29, 1.82) is 0 Å². The quantitative estimate of drug-likeness (QED) is 0.774. The molecule has 0 radical (unpaired) electrons. The molecule has 7 heteroatoms. The normalized spacial score (nSPS) is 14.2. The molecule has 0 spiro atoms. The lowest BCUT2D eigenvalue weighted by atomic mass is 10.2. The fraction of sp³-hybridized carbons (Fsp3) is 0.353. The van der Waals surface area contributed by atoms with E-state index in [0.717, 1.165) is 18.5 Å². The van der Waals surface area contributed by atoms with Gasteiger partial charge in [-0.25, -0.2) is 9.97 Å². The summed E-state index contributed by atoms with van der Waals surface area (Å²) >= 11 is 1.65. The maximum Gasteiger partial charge on any atom is 0.256 e. The van der Waals surface area contributed by atoms with Crippen LogP contribution in [0.2, 0.25) is 0 Å². The lowest BCUT2D eigenvalue weighted by Gasteiger charge is -2.22. The van der Waals surface area contributed by atoms with Gasteiger partial charge < -0.3 is 10.6 Å². The predicted molar refractivity (Wildman–Crippen MR) is 94.8 cm³/mol. The van der Waals surface area contributed by atoms with Gasteiger partial charge in [0.15, 0.2) is 5.65 Å². The molecule has 124 valence electrons. The highest BCUT2D eigenvalue weighted by Crippen LogP contribution is 2.30. The summed E-state index contributed by atoms with van der Waals surface area (Å²) in [6.45, 7) is 3.35. The van der Waals surface area contributed by atoms with Crippen LogP contribution in [0.5, 0.6) is 0 Å². The topological polar surface area (TPSA) is 77.0 Å². The maximum atomic E-state index is 13.0. The molecule has 2 N–H and O–H groups in total. The van der Waals surface area contributed by atoms with E-state index in [2.05, 4.69) is 21.4 Å². The second-order valence-corrected chi connectivity index (χ2v) is 6.86. The fourth-order valence-electron chi connectivity index (χ4n) is 2.96. The Morgan fingerprint density at radius 3 is 3.00 bits per heavy atom. The maximum absolute atomic E-state index is 13.0. The van der Waals surface area contributed by atoms with Crippen molar-refractivity contribution in [3.63, 3.8) is 0 Å². The van der Waals surface area contributed by atoms with Gasteiger partial charge in [0.05, 0.1) is 5.56 Å². The summed E-state index contributed by atoms with van der Waals surface area (Å²) < 4.78 is 1.84. The number of anilines is 1. The standard InChI is InChI=1S/C17H19N5OS/c1-2-21-15-14(20-17(21)18)7-12(8-19-15)16(23)22(13-3-4-13)9-11-5-6-24-10-11/h5-8,10,13H,2-4,9H2,1H3,(H2,18,20). The molecule has 24 heavy (non-hydrogen) atoms. The summed E-state index contributed by atoms with van der Waals surface area (Å²) in [5.74, 6) is 0.449. The number of nitrogen functional groups attached to an aromatic ring is 1. The van der Waals surface area contributed by atoms with Gasteiger partial charge in [0.25, 0.3) is 5.91 Å². The molecule has 4 rings (SSSR count). The summed E-state index contributed by atoms with van der Waals surface area (Å²) in [4.78, 5) is 23.7. The zero-order valence-electron chi connectivity index (χ0n) is 13.5. The summed E-state index contributed by atoms with van der Waals surface area (Å²) in [5, 5.41) is 4.13. The molecule has 0 aromatic carbocycles. The van der Waals surface area contributed by atoms with Gasteiger partial charge in [0.1, 0.15) is 5.52 Å². The molecule has 0 saturated heterocycles. The van der Waals surface area contributed by atoms with E-state index in [9.17, 15) is 4.79 Å². The van der Waals surface area contributed by atoms with Crippen molar-refractivity contribution in [3.05, 3.63) is 40.2 Å². The Morgan fingerprint density at radius 1 is 1.50 bits per heavy atom. The summed E-state index contributed by atoms with van der Waals surface area (Å²) in [6, 6.07) is 4.21. The second kappa shape index (κ2) is 5.90. The monoisotopic (exact) mass is 341 g/mol. The minimum absolute atomic E-state index is 0.0164. The Hall–Kier alpha value is -2.41. The lowest BCUT2D eigenvalue weighted by molar-refractivity contribution is 0.0730. The molecular formula is C17H19N5OS. The number of fused-ring (bicyclic) bond motifs is 1. The number of nitrogens with zero attached hydrogens (tertiary/aromatic N) is 4. The highest BCUT2D eigenvalue weighted by atomic mass is 32.1. The number of carbonyl (C=O) groups is 1. The Labute approximate surface area is 143 Å². The summed E-state index contributed by atoms with van der Waals surface area (Å²) in [5.41, 5.74) is 9.06. The molecule has 6 nitrogen and oxygen atoms in total. The zero-order chi connectivity index (χ0) is 16.7. The first-order valence-electron chi connectivity index (χ1n) is 8.11.